The van der Waals surface area contributed by atoms with Crippen molar-refractivity contribution < 1.29 is 9.26 Å². The topological polar surface area (TPSA) is 61.0 Å². The van der Waals surface area contributed by atoms with E-state index in [0.29, 0.717) is 11.7 Å². The first kappa shape index (κ1) is 13.3. The van der Waals surface area contributed by atoms with Crippen molar-refractivity contribution in [3.05, 3.63) is 60.2 Å². The summed E-state index contributed by atoms with van der Waals surface area (Å²) in [5.74, 6) is 1.77. The summed E-state index contributed by atoms with van der Waals surface area (Å²) in [5, 5.41) is 3.93. The normalized spacial score (nSPS) is 10.5. The van der Waals surface area contributed by atoms with Crippen LogP contribution in [0, 0.1) is 0 Å². The Morgan fingerprint density at radius 2 is 1.81 bits per heavy atom. The second kappa shape index (κ2) is 6.17. The molecule has 0 radical (unpaired) electrons. The number of nitrogens with zero attached hydrogens (tertiary/aromatic N) is 3. The van der Waals surface area contributed by atoms with Crippen molar-refractivity contribution in [2.75, 3.05) is 0 Å². The van der Waals surface area contributed by atoms with E-state index in [0.717, 1.165) is 17.7 Å². The summed E-state index contributed by atoms with van der Waals surface area (Å²) >= 11 is 0. The van der Waals surface area contributed by atoms with Crippen LogP contribution in [0.25, 0.3) is 11.4 Å². The molecule has 2 aromatic heterocycles. The average molecular weight is 281 g/mol. The molecule has 3 rings (SSSR count). The molecular formula is C16H15N3O2. The highest BCUT2D eigenvalue weighted by atomic mass is 16.5. The Morgan fingerprint density at radius 1 is 1.05 bits per heavy atom. The largest absolute Gasteiger partial charge is 0.484 e. The number of aryl methyl sites for hydroxylation is 1. The molecule has 3 aromatic rings. The van der Waals surface area contributed by atoms with Crippen LogP contribution in [-0.2, 0) is 13.0 Å². The van der Waals surface area contributed by atoms with E-state index in [1.54, 1.807) is 12.4 Å². The molecule has 5 heteroatoms. The van der Waals surface area contributed by atoms with Gasteiger partial charge in [-0.15, -0.1) is 0 Å². The lowest BCUT2D eigenvalue weighted by molar-refractivity contribution is 0.243. The Bertz CT molecular complexity index is 693. The van der Waals surface area contributed by atoms with Crippen LogP contribution in [0.2, 0.25) is 0 Å². The van der Waals surface area contributed by atoms with Gasteiger partial charge in [0.2, 0.25) is 5.82 Å². The molecule has 0 spiro atoms. The van der Waals surface area contributed by atoms with Crippen LogP contribution in [0.1, 0.15) is 18.4 Å². The van der Waals surface area contributed by atoms with Crippen molar-refractivity contribution >= 4 is 0 Å². The monoisotopic (exact) mass is 281 g/mol. The van der Waals surface area contributed by atoms with Gasteiger partial charge in [-0.05, 0) is 36.2 Å². The molecule has 21 heavy (non-hydrogen) atoms. The van der Waals surface area contributed by atoms with Gasteiger partial charge in [0.05, 0.1) is 0 Å². The lowest BCUT2D eigenvalue weighted by atomic mass is 10.2. The third kappa shape index (κ3) is 3.25. The Kier molecular flexibility index (Phi) is 3.91. The summed E-state index contributed by atoms with van der Waals surface area (Å²) in [7, 11) is 0. The predicted molar refractivity (Wildman–Crippen MR) is 77.7 cm³/mol. The van der Waals surface area contributed by atoms with Gasteiger partial charge < -0.3 is 9.26 Å². The molecule has 0 fully saturated rings. The van der Waals surface area contributed by atoms with Crippen LogP contribution < -0.4 is 4.74 Å². The van der Waals surface area contributed by atoms with Crippen LogP contribution in [0.4, 0.5) is 0 Å². The lowest BCUT2D eigenvalue weighted by Crippen LogP contribution is -1.96. The van der Waals surface area contributed by atoms with E-state index in [2.05, 4.69) is 22.0 Å². The van der Waals surface area contributed by atoms with Crippen molar-refractivity contribution in [3.63, 3.8) is 0 Å². The molecule has 0 unspecified atom stereocenters. The van der Waals surface area contributed by atoms with Gasteiger partial charge in [0, 0.05) is 18.0 Å². The van der Waals surface area contributed by atoms with Crippen LogP contribution >= 0.6 is 0 Å². The molecule has 0 aliphatic carbocycles. The maximum atomic E-state index is 5.63. The molecule has 0 saturated carbocycles. The second-order valence-electron chi connectivity index (χ2n) is 4.53. The van der Waals surface area contributed by atoms with Crippen molar-refractivity contribution in [3.8, 4) is 17.1 Å². The summed E-state index contributed by atoms with van der Waals surface area (Å²) in [6.07, 6.45) is 4.40. The second-order valence-corrected chi connectivity index (χ2v) is 4.53. The zero-order chi connectivity index (χ0) is 14.5. The number of hydrogen-bond acceptors (Lipinski definition) is 5. The lowest BCUT2D eigenvalue weighted by Gasteiger charge is -2.03. The summed E-state index contributed by atoms with van der Waals surface area (Å²) in [5.41, 5.74) is 2.15. The van der Waals surface area contributed by atoms with Crippen molar-refractivity contribution in [2.24, 2.45) is 0 Å². The van der Waals surface area contributed by atoms with Gasteiger partial charge in [0.25, 0.3) is 5.89 Å². The Morgan fingerprint density at radius 3 is 2.52 bits per heavy atom. The van der Waals surface area contributed by atoms with Gasteiger partial charge in [-0.2, -0.15) is 4.98 Å². The smallest absolute Gasteiger partial charge is 0.264 e. The summed E-state index contributed by atoms with van der Waals surface area (Å²) in [6, 6.07) is 11.6. The van der Waals surface area contributed by atoms with Crippen LogP contribution in [0.5, 0.6) is 5.75 Å². The van der Waals surface area contributed by atoms with Crippen molar-refractivity contribution in [1.29, 1.82) is 0 Å². The van der Waals surface area contributed by atoms with Gasteiger partial charge in [-0.1, -0.05) is 24.2 Å². The fourth-order valence-electron chi connectivity index (χ4n) is 1.90. The fourth-order valence-corrected chi connectivity index (χ4v) is 1.90. The van der Waals surface area contributed by atoms with Crippen LogP contribution in [0.15, 0.2) is 53.3 Å². The van der Waals surface area contributed by atoms with Gasteiger partial charge in [0.15, 0.2) is 6.61 Å². The maximum Gasteiger partial charge on any atom is 0.264 e. The minimum atomic E-state index is 0.254. The van der Waals surface area contributed by atoms with Crippen molar-refractivity contribution in [2.45, 2.75) is 20.0 Å². The summed E-state index contributed by atoms with van der Waals surface area (Å²) in [6.45, 7) is 2.37. The number of ether oxygens (including phenoxy) is 1. The molecule has 0 saturated heterocycles. The first-order chi connectivity index (χ1) is 10.3. The third-order valence-corrected chi connectivity index (χ3v) is 3.10. The van der Waals surface area contributed by atoms with E-state index in [4.69, 9.17) is 9.26 Å². The number of benzene rings is 1. The number of hydrogen-bond donors (Lipinski definition) is 0. The minimum absolute atomic E-state index is 0.254. The molecule has 2 heterocycles. The van der Waals surface area contributed by atoms with E-state index >= 15 is 0 Å². The highest BCUT2D eigenvalue weighted by molar-refractivity contribution is 5.52. The zero-order valence-corrected chi connectivity index (χ0v) is 11.7. The van der Waals surface area contributed by atoms with E-state index in [-0.39, 0.29) is 6.61 Å². The molecule has 0 bridgehead atoms. The minimum Gasteiger partial charge on any atom is -0.484 e. The molecule has 106 valence electrons. The van der Waals surface area contributed by atoms with Gasteiger partial charge in [0.1, 0.15) is 5.75 Å². The van der Waals surface area contributed by atoms with E-state index in [1.807, 2.05) is 36.4 Å². The highest BCUT2D eigenvalue weighted by Gasteiger charge is 2.08. The van der Waals surface area contributed by atoms with Gasteiger partial charge >= 0.3 is 0 Å². The molecule has 0 amide bonds. The Hall–Kier alpha value is -2.69. The first-order valence-corrected chi connectivity index (χ1v) is 6.80. The predicted octanol–water partition coefficient (Wildman–Crippen LogP) is 3.27. The Balaban J connectivity index is 1.64. The van der Waals surface area contributed by atoms with E-state index < -0.39 is 0 Å². The van der Waals surface area contributed by atoms with E-state index in [9.17, 15) is 0 Å². The standard InChI is InChI=1S/C16H15N3O2/c1-2-12-3-5-14(6-4-12)20-11-15-18-16(19-21-15)13-7-9-17-10-8-13/h3-10H,2,11H2,1H3. The van der Waals surface area contributed by atoms with Crippen molar-refractivity contribution in [1.82, 2.24) is 15.1 Å². The molecule has 0 aliphatic heterocycles. The van der Waals surface area contributed by atoms with Gasteiger partial charge in [-0.25, -0.2) is 0 Å². The fraction of sp³-hybridized carbons (Fsp3) is 0.188. The molecule has 5 nitrogen and oxygen atoms in total. The molecule has 0 aliphatic rings. The average Bonchev–Trinajstić information content (AvgIpc) is 3.03. The zero-order valence-electron chi connectivity index (χ0n) is 11.7. The summed E-state index contributed by atoms with van der Waals surface area (Å²) < 4.78 is 10.8. The van der Waals surface area contributed by atoms with Gasteiger partial charge in [-0.3, -0.25) is 4.98 Å². The SMILES string of the molecule is CCc1ccc(OCc2nc(-c3ccncc3)no2)cc1. The number of pyridine rings is 1. The number of rotatable bonds is 5. The summed E-state index contributed by atoms with van der Waals surface area (Å²) in [4.78, 5) is 8.26. The molecular weight excluding hydrogens is 266 g/mol. The molecule has 0 atom stereocenters. The Labute approximate surface area is 122 Å². The highest BCUT2D eigenvalue weighted by Crippen LogP contribution is 2.17. The van der Waals surface area contributed by atoms with Crippen LogP contribution in [0.3, 0.4) is 0 Å². The van der Waals surface area contributed by atoms with E-state index in [1.165, 1.54) is 5.56 Å². The van der Waals surface area contributed by atoms with Crippen LogP contribution in [-0.4, -0.2) is 15.1 Å². The maximum absolute atomic E-state index is 5.63. The quantitative estimate of drug-likeness (QED) is 0.718. The first-order valence-electron chi connectivity index (χ1n) is 6.80. The molecule has 0 N–H and O–H groups in total. The third-order valence-electron chi connectivity index (χ3n) is 3.10. The molecule has 1 aromatic carbocycles. The number of aromatic nitrogens is 3.